The molecule has 0 aliphatic heterocycles. The van der Waals surface area contributed by atoms with E-state index in [2.05, 4.69) is 10.6 Å². The highest BCUT2D eigenvalue weighted by Crippen LogP contribution is 2.14. The molecule has 0 radical (unpaired) electrons. The summed E-state index contributed by atoms with van der Waals surface area (Å²) in [4.78, 5) is 23.7. The Morgan fingerprint density at radius 2 is 1.32 bits per heavy atom. The zero-order valence-corrected chi connectivity index (χ0v) is 13.1. The van der Waals surface area contributed by atoms with Gasteiger partial charge in [0.05, 0.1) is 0 Å². The van der Waals surface area contributed by atoms with E-state index >= 15 is 0 Å². The molecule has 4 heteroatoms. The molecule has 4 nitrogen and oxygen atoms in total. The van der Waals surface area contributed by atoms with E-state index in [0.29, 0.717) is 11.4 Å². The summed E-state index contributed by atoms with van der Waals surface area (Å²) in [6, 6.07) is 13.1. The number of carbonyl (C=O) groups excluding carboxylic acids is 2. The minimum Gasteiger partial charge on any atom is -0.326 e. The highest BCUT2D eigenvalue weighted by Gasteiger charge is 2.10. The van der Waals surface area contributed by atoms with Gasteiger partial charge in [0.1, 0.15) is 6.42 Å². The Kier molecular flexibility index (Phi) is 4.94. The van der Waals surface area contributed by atoms with Gasteiger partial charge < -0.3 is 10.6 Å². The SMILES string of the molecule is Cc1ccc(NC(=O)CC(=O)Nc2ccc(C)c(C)c2)cc1. The molecule has 114 valence electrons. The highest BCUT2D eigenvalue weighted by atomic mass is 16.2. The molecule has 0 fully saturated rings. The molecule has 2 aromatic rings. The van der Waals surface area contributed by atoms with E-state index in [0.717, 1.165) is 16.7 Å². The van der Waals surface area contributed by atoms with E-state index in [1.54, 1.807) is 0 Å². The van der Waals surface area contributed by atoms with Crippen LogP contribution >= 0.6 is 0 Å². The number of hydrogen-bond donors (Lipinski definition) is 2. The highest BCUT2D eigenvalue weighted by molar-refractivity contribution is 6.08. The summed E-state index contributed by atoms with van der Waals surface area (Å²) in [5.74, 6) is -0.655. The number of rotatable bonds is 4. The molecule has 2 rings (SSSR count). The molecule has 0 saturated heterocycles. The smallest absolute Gasteiger partial charge is 0.233 e. The van der Waals surface area contributed by atoms with Gasteiger partial charge in [-0.2, -0.15) is 0 Å². The molecule has 0 spiro atoms. The van der Waals surface area contributed by atoms with Crippen LogP contribution in [-0.2, 0) is 9.59 Å². The summed E-state index contributed by atoms with van der Waals surface area (Å²) >= 11 is 0. The molecule has 0 unspecified atom stereocenters. The molecule has 2 aromatic carbocycles. The first kappa shape index (κ1) is 15.8. The second-order valence-electron chi connectivity index (χ2n) is 5.44. The lowest BCUT2D eigenvalue weighted by Gasteiger charge is -2.08. The quantitative estimate of drug-likeness (QED) is 0.847. The van der Waals surface area contributed by atoms with Crippen molar-refractivity contribution in [1.82, 2.24) is 0 Å². The number of anilines is 2. The van der Waals surface area contributed by atoms with Crippen LogP contribution in [0.1, 0.15) is 23.1 Å². The van der Waals surface area contributed by atoms with E-state index in [9.17, 15) is 9.59 Å². The predicted octanol–water partition coefficient (Wildman–Crippen LogP) is 3.58. The van der Waals surface area contributed by atoms with Gasteiger partial charge >= 0.3 is 0 Å². The van der Waals surface area contributed by atoms with Crippen molar-refractivity contribution in [2.45, 2.75) is 27.2 Å². The van der Waals surface area contributed by atoms with Crippen molar-refractivity contribution >= 4 is 23.2 Å². The van der Waals surface area contributed by atoms with Gasteiger partial charge in [0, 0.05) is 11.4 Å². The molecule has 0 aliphatic carbocycles. The molecular formula is C18H20N2O2. The fourth-order valence-electron chi connectivity index (χ4n) is 2.01. The summed E-state index contributed by atoms with van der Waals surface area (Å²) in [6.45, 7) is 5.97. The molecule has 2 amide bonds. The Labute approximate surface area is 130 Å². The van der Waals surface area contributed by atoms with Gasteiger partial charge in [0.2, 0.25) is 11.8 Å². The van der Waals surface area contributed by atoms with Gasteiger partial charge in [-0.15, -0.1) is 0 Å². The van der Waals surface area contributed by atoms with Crippen molar-refractivity contribution in [2.24, 2.45) is 0 Å². The lowest BCUT2D eigenvalue weighted by molar-refractivity contribution is -0.123. The second-order valence-corrected chi connectivity index (χ2v) is 5.44. The number of hydrogen-bond acceptors (Lipinski definition) is 2. The molecule has 0 saturated carbocycles. The maximum Gasteiger partial charge on any atom is 0.233 e. The van der Waals surface area contributed by atoms with Crippen molar-refractivity contribution in [3.05, 3.63) is 59.2 Å². The average molecular weight is 296 g/mol. The van der Waals surface area contributed by atoms with E-state index in [1.807, 2.05) is 63.2 Å². The zero-order valence-electron chi connectivity index (χ0n) is 13.1. The molecule has 0 atom stereocenters. The van der Waals surface area contributed by atoms with E-state index in [4.69, 9.17) is 0 Å². The minimum atomic E-state index is -0.329. The summed E-state index contributed by atoms with van der Waals surface area (Å²) < 4.78 is 0. The van der Waals surface area contributed by atoms with Gasteiger partial charge in [-0.05, 0) is 56.2 Å². The third-order valence-corrected chi connectivity index (χ3v) is 3.45. The first-order valence-electron chi connectivity index (χ1n) is 7.17. The van der Waals surface area contributed by atoms with Crippen molar-refractivity contribution < 1.29 is 9.59 Å². The number of benzene rings is 2. The second kappa shape index (κ2) is 6.89. The fraction of sp³-hybridized carbons (Fsp3) is 0.222. The van der Waals surface area contributed by atoms with Crippen LogP contribution in [0.15, 0.2) is 42.5 Å². The van der Waals surface area contributed by atoms with Crippen molar-refractivity contribution in [2.75, 3.05) is 10.6 Å². The lowest BCUT2D eigenvalue weighted by Crippen LogP contribution is -2.21. The van der Waals surface area contributed by atoms with Crippen LogP contribution in [0, 0.1) is 20.8 Å². The van der Waals surface area contributed by atoms with Crippen LogP contribution in [0.4, 0.5) is 11.4 Å². The first-order chi connectivity index (χ1) is 10.4. The molecule has 0 heterocycles. The van der Waals surface area contributed by atoms with Crippen LogP contribution in [-0.4, -0.2) is 11.8 Å². The van der Waals surface area contributed by atoms with Gasteiger partial charge in [-0.3, -0.25) is 9.59 Å². The molecular weight excluding hydrogens is 276 g/mol. The summed E-state index contributed by atoms with van der Waals surface area (Å²) in [5, 5.41) is 5.44. The van der Waals surface area contributed by atoms with Crippen molar-refractivity contribution in [3.8, 4) is 0 Å². The standard InChI is InChI=1S/C18H20N2O2/c1-12-4-7-15(8-5-12)19-17(21)11-18(22)20-16-9-6-13(2)14(3)10-16/h4-10H,11H2,1-3H3,(H,19,21)(H,20,22). The third-order valence-electron chi connectivity index (χ3n) is 3.45. The molecule has 0 aliphatic rings. The molecule has 0 bridgehead atoms. The minimum absolute atomic E-state index is 0.208. The number of amides is 2. The molecule has 0 aromatic heterocycles. The van der Waals surface area contributed by atoms with Gasteiger partial charge in [0.25, 0.3) is 0 Å². The maximum absolute atomic E-state index is 11.9. The number of carbonyl (C=O) groups is 2. The van der Waals surface area contributed by atoms with Crippen LogP contribution in [0.25, 0.3) is 0 Å². The topological polar surface area (TPSA) is 58.2 Å². The largest absolute Gasteiger partial charge is 0.326 e. The Morgan fingerprint density at radius 1 is 0.773 bits per heavy atom. The van der Waals surface area contributed by atoms with E-state index in [-0.39, 0.29) is 18.2 Å². The predicted molar refractivity (Wildman–Crippen MR) is 89.0 cm³/mol. The number of aryl methyl sites for hydroxylation is 3. The summed E-state index contributed by atoms with van der Waals surface area (Å²) in [5.41, 5.74) is 4.77. The van der Waals surface area contributed by atoms with Crippen LogP contribution in [0.2, 0.25) is 0 Å². The molecule has 22 heavy (non-hydrogen) atoms. The Balaban J connectivity index is 1.89. The average Bonchev–Trinajstić information content (AvgIpc) is 2.45. The Hall–Kier alpha value is -2.62. The zero-order chi connectivity index (χ0) is 16.1. The van der Waals surface area contributed by atoms with E-state index < -0.39 is 0 Å². The first-order valence-corrected chi connectivity index (χ1v) is 7.17. The lowest BCUT2D eigenvalue weighted by atomic mass is 10.1. The fourth-order valence-corrected chi connectivity index (χ4v) is 2.01. The maximum atomic E-state index is 11.9. The van der Waals surface area contributed by atoms with Crippen molar-refractivity contribution in [3.63, 3.8) is 0 Å². The third kappa shape index (κ3) is 4.45. The van der Waals surface area contributed by atoms with Gasteiger partial charge in [-0.1, -0.05) is 23.8 Å². The van der Waals surface area contributed by atoms with Crippen LogP contribution in [0.3, 0.4) is 0 Å². The normalized spacial score (nSPS) is 10.1. The summed E-state index contributed by atoms with van der Waals surface area (Å²) in [6.07, 6.45) is -0.208. The molecule has 2 N–H and O–H groups in total. The van der Waals surface area contributed by atoms with Crippen LogP contribution in [0.5, 0.6) is 0 Å². The Bertz CT molecular complexity index is 691. The van der Waals surface area contributed by atoms with Crippen molar-refractivity contribution in [1.29, 1.82) is 0 Å². The van der Waals surface area contributed by atoms with Gasteiger partial charge in [0.15, 0.2) is 0 Å². The van der Waals surface area contributed by atoms with Gasteiger partial charge in [-0.25, -0.2) is 0 Å². The van der Waals surface area contributed by atoms with E-state index in [1.165, 1.54) is 0 Å². The van der Waals surface area contributed by atoms with Crippen LogP contribution < -0.4 is 10.6 Å². The Morgan fingerprint density at radius 3 is 1.91 bits per heavy atom. The number of nitrogens with one attached hydrogen (secondary N) is 2. The monoisotopic (exact) mass is 296 g/mol. The summed E-state index contributed by atoms with van der Waals surface area (Å²) in [7, 11) is 0.